The number of amides is 1. The normalized spacial score (nSPS) is 10.7. The molecule has 0 spiro atoms. The van der Waals surface area contributed by atoms with Crippen LogP contribution in [0.3, 0.4) is 0 Å². The number of hydrogen-bond acceptors (Lipinski definition) is 6. The van der Waals surface area contributed by atoms with E-state index in [4.69, 9.17) is 14.2 Å². The van der Waals surface area contributed by atoms with Gasteiger partial charge in [0.15, 0.2) is 11.5 Å². The zero-order valence-corrected chi connectivity index (χ0v) is 21.3. The lowest BCUT2D eigenvalue weighted by Crippen LogP contribution is -2.28. The Balaban J connectivity index is 1.66. The molecule has 1 aromatic heterocycles. The van der Waals surface area contributed by atoms with Crippen molar-refractivity contribution in [2.24, 2.45) is 0 Å². The second-order valence-corrected chi connectivity index (χ2v) is 8.35. The molecule has 1 heterocycles. The molecule has 3 rings (SSSR count). The van der Waals surface area contributed by atoms with E-state index in [0.29, 0.717) is 42.9 Å². The van der Waals surface area contributed by atoms with E-state index in [-0.39, 0.29) is 11.9 Å². The first-order valence-electron chi connectivity index (χ1n) is 11.5. The maximum Gasteiger partial charge on any atom is 0.305 e. The highest BCUT2D eigenvalue weighted by atomic mass is 16.5. The third-order valence-electron chi connectivity index (χ3n) is 6.14. The van der Waals surface area contributed by atoms with Crippen molar-refractivity contribution in [2.45, 2.75) is 33.1 Å². The number of benzene rings is 2. The molecule has 8 nitrogen and oxygen atoms in total. The van der Waals surface area contributed by atoms with Gasteiger partial charge in [-0.3, -0.25) is 9.59 Å². The SMILES string of the molecule is COC(=O)CCc1c(C)nn(-c2ccc(C(=O)N(C)CCc3ccc(OC)c(OC)c3)cc2)c1C. The zero-order valence-electron chi connectivity index (χ0n) is 21.3. The molecule has 0 fully saturated rings. The van der Waals surface area contributed by atoms with Crippen LogP contribution in [0.4, 0.5) is 0 Å². The summed E-state index contributed by atoms with van der Waals surface area (Å²) in [5.41, 5.74) is 5.41. The second kappa shape index (κ2) is 11.6. The van der Waals surface area contributed by atoms with E-state index < -0.39 is 0 Å². The van der Waals surface area contributed by atoms with Gasteiger partial charge in [0.05, 0.1) is 32.7 Å². The lowest BCUT2D eigenvalue weighted by molar-refractivity contribution is -0.140. The van der Waals surface area contributed by atoms with E-state index in [1.165, 1.54) is 7.11 Å². The van der Waals surface area contributed by atoms with Crippen LogP contribution < -0.4 is 9.47 Å². The van der Waals surface area contributed by atoms with Crippen LogP contribution in [0, 0.1) is 13.8 Å². The van der Waals surface area contributed by atoms with E-state index in [2.05, 4.69) is 5.10 Å². The smallest absolute Gasteiger partial charge is 0.305 e. The molecular formula is C27H33N3O5. The van der Waals surface area contributed by atoms with E-state index in [1.54, 1.807) is 26.2 Å². The number of esters is 1. The molecule has 0 bridgehead atoms. The Labute approximate surface area is 206 Å². The van der Waals surface area contributed by atoms with Crippen molar-refractivity contribution in [3.63, 3.8) is 0 Å². The Morgan fingerprint density at radius 1 is 0.943 bits per heavy atom. The number of ether oxygens (including phenoxy) is 3. The number of rotatable bonds is 10. The largest absolute Gasteiger partial charge is 0.493 e. The van der Waals surface area contributed by atoms with Crippen LogP contribution in [0.15, 0.2) is 42.5 Å². The maximum absolute atomic E-state index is 13.0. The van der Waals surface area contributed by atoms with Crippen molar-refractivity contribution in [1.82, 2.24) is 14.7 Å². The summed E-state index contributed by atoms with van der Waals surface area (Å²) in [7, 11) is 6.40. The van der Waals surface area contributed by atoms with Crippen molar-refractivity contribution in [3.05, 3.63) is 70.5 Å². The third-order valence-corrected chi connectivity index (χ3v) is 6.14. The predicted molar refractivity (Wildman–Crippen MR) is 134 cm³/mol. The summed E-state index contributed by atoms with van der Waals surface area (Å²) in [6, 6.07) is 13.2. The Bertz CT molecular complexity index is 1180. The van der Waals surface area contributed by atoms with Crippen molar-refractivity contribution in [1.29, 1.82) is 0 Å². The standard InChI is InChI=1S/C27H33N3O5/c1-18-23(12-14-26(31)35-6)19(2)30(28-18)22-10-8-21(9-11-22)27(32)29(3)16-15-20-7-13-24(33-4)25(17-20)34-5/h7-11,13,17H,12,14-16H2,1-6H3. The average molecular weight is 480 g/mol. The van der Waals surface area contributed by atoms with Crippen LogP contribution in [0.1, 0.15) is 39.3 Å². The van der Waals surface area contributed by atoms with Crippen LogP contribution in [0.2, 0.25) is 0 Å². The highest BCUT2D eigenvalue weighted by molar-refractivity contribution is 5.94. The average Bonchev–Trinajstić information content (AvgIpc) is 3.17. The topological polar surface area (TPSA) is 82.9 Å². The molecule has 0 atom stereocenters. The van der Waals surface area contributed by atoms with Gasteiger partial charge in [-0.2, -0.15) is 5.10 Å². The number of hydrogen-bond donors (Lipinski definition) is 0. The number of aromatic nitrogens is 2. The van der Waals surface area contributed by atoms with Crippen LogP contribution >= 0.6 is 0 Å². The van der Waals surface area contributed by atoms with E-state index in [9.17, 15) is 9.59 Å². The van der Waals surface area contributed by atoms with Crippen LogP contribution in [0.25, 0.3) is 5.69 Å². The molecule has 0 aliphatic rings. The molecule has 0 aliphatic carbocycles. The minimum atomic E-state index is -0.241. The third kappa shape index (κ3) is 6.01. The number of carbonyl (C=O) groups excluding carboxylic acids is 2. The Morgan fingerprint density at radius 2 is 1.63 bits per heavy atom. The number of methoxy groups -OCH3 is 3. The minimum Gasteiger partial charge on any atom is -0.493 e. The number of nitrogens with zero attached hydrogens (tertiary/aromatic N) is 3. The molecule has 1 amide bonds. The molecule has 0 radical (unpaired) electrons. The van der Waals surface area contributed by atoms with Crippen molar-refractivity contribution >= 4 is 11.9 Å². The molecule has 2 aromatic carbocycles. The number of carbonyl (C=O) groups is 2. The first-order valence-corrected chi connectivity index (χ1v) is 11.5. The maximum atomic E-state index is 13.0. The van der Waals surface area contributed by atoms with Gasteiger partial charge < -0.3 is 19.1 Å². The van der Waals surface area contributed by atoms with Gasteiger partial charge in [-0.05, 0) is 74.2 Å². The zero-order chi connectivity index (χ0) is 25.5. The molecular weight excluding hydrogens is 446 g/mol. The van der Waals surface area contributed by atoms with Gasteiger partial charge in [0.1, 0.15) is 0 Å². The van der Waals surface area contributed by atoms with Gasteiger partial charge in [-0.25, -0.2) is 4.68 Å². The Hall–Kier alpha value is -3.81. The summed E-state index contributed by atoms with van der Waals surface area (Å²) in [6.07, 6.45) is 1.58. The molecule has 8 heteroatoms. The highest BCUT2D eigenvalue weighted by Gasteiger charge is 2.16. The lowest BCUT2D eigenvalue weighted by atomic mass is 10.1. The molecule has 35 heavy (non-hydrogen) atoms. The summed E-state index contributed by atoms with van der Waals surface area (Å²) in [6.45, 7) is 4.48. The Morgan fingerprint density at radius 3 is 2.26 bits per heavy atom. The second-order valence-electron chi connectivity index (χ2n) is 8.35. The molecule has 186 valence electrons. The molecule has 0 unspecified atom stereocenters. The fourth-order valence-corrected chi connectivity index (χ4v) is 4.02. The summed E-state index contributed by atoms with van der Waals surface area (Å²) >= 11 is 0. The van der Waals surface area contributed by atoms with Crippen LogP contribution in [-0.2, 0) is 22.4 Å². The van der Waals surface area contributed by atoms with Gasteiger partial charge in [0, 0.05) is 31.3 Å². The predicted octanol–water partition coefficient (Wildman–Crippen LogP) is 3.93. The molecule has 0 N–H and O–H groups in total. The van der Waals surface area contributed by atoms with Gasteiger partial charge in [-0.15, -0.1) is 0 Å². The summed E-state index contributed by atoms with van der Waals surface area (Å²) in [4.78, 5) is 26.2. The molecule has 0 aliphatic heterocycles. The van der Waals surface area contributed by atoms with E-state index in [1.807, 2.05) is 61.0 Å². The van der Waals surface area contributed by atoms with Gasteiger partial charge in [0.25, 0.3) is 5.91 Å². The fourth-order valence-electron chi connectivity index (χ4n) is 4.02. The summed E-state index contributed by atoms with van der Waals surface area (Å²) < 4.78 is 17.2. The molecule has 3 aromatic rings. The van der Waals surface area contributed by atoms with Gasteiger partial charge in [-0.1, -0.05) is 6.07 Å². The van der Waals surface area contributed by atoms with Crippen molar-refractivity contribution in [3.8, 4) is 17.2 Å². The summed E-state index contributed by atoms with van der Waals surface area (Å²) in [5, 5.41) is 4.63. The van der Waals surface area contributed by atoms with Crippen molar-refractivity contribution in [2.75, 3.05) is 34.9 Å². The van der Waals surface area contributed by atoms with E-state index in [0.717, 1.165) is 28.2 Å². The van der Waals surface area contributed by atoms with Gasteiger partial charge in [0.2, 0.25) is 0 Å². The lowest BCUT2D eigenvalue weighted by Gasteiger charge is -2.18. The molecule has 0 saturated heterocycles. The monoisotopic (exact) mass is 479 g/mol. The quantitative estimate of drug-likeness (QED) is 0.410. The number of likely N-dealkylation sites (N-methyl/N-ethyl adjacent to an activating group) is 1. The minimum absolute atomic E-state index is 0.0517. The number of aryl methyl sites for hydroxylation is 1. The Kier molecular flexibility index (Phi) is 8.52. The molecule has 0 saturated carbocycles. The van der Waals surface area contributed by atoms with E-state index >= 15 is 0 Å². The van der Waals surface area contributed by atoms with Crippen LogP contribution in [-0.4, -0.2) is 61.5 Å². The first kappa shape index (κ1) is 25.8. The highest BCUT2D eigenvalue weighted by Crippen LogP contribution is 2.28. The fraction of sp³-hybridized carbons (Fsp3) is 0.370. The first-order chi connectivity index (χ1) is 16.8. The van der Waals surface area contributed by atoms with Crippen LogP contribution in [0.5, 0.6) is 11.5 Å². The summed E-state index contributed by atoms with van der Waals surface area (Å²) in [5.74, 6) is 1.06. The van der Waals surface area contributed by atoms with Gasteiger partial charge >= 0.3 is 5.97 Å². The van der Waals surface area contributed by atoms with Crippen molar-refractivity contribution < 1.29 is 23.8 Å².